The molecule has 0 unspecified atom stereocenters. The lowest BCUT2D eigenvalue weighted by atomic mass is 10.1. The van der Waals surface area contributed by atoms with Gasteiger partial charge in [0.15, 0.2) is 0 Å². The molecule has 1 aromatic rings. The molecule has 0 fully saturated rings. The molecule has 0 saturated heterocycles. The summed E-state index contributed by atoms with van der Waals surface area (Å²) in [5.74, 6) is -1.36. The molecule has 0 aliphatic carbocycles. The quantitative estimate of drug-likeness (QED) is 0.920. The van der Waals surface area contributed by atoms with Crippen LogP contribution in [0.2, 0.25) is 0 Å². The Balaban J connectivity index is 3.12. The summed E-state index contributed by atoms with van der Waals surface area (Å²) < 4.78 is 13.2. The third kappa shape index (κ3) is 2.76. The highest BCUT2D eigenvalue weighted by atomic mass is 79.9. The fourth-order valence-corrected chi connectivity index (χ4v) is 1.74. The normalized spacial score (nSPS) is 12.9. The molecule has 5 heteroatoms. The molecule has 1 aromatic carbocycles. The third-order valence-electron chi connectivity index (χ3n) is 2.01. The van der Waals surface area contributed by atoms with Crippen LogP contribution in [-0.2, 0) is 4.79 Å². The molecule has 0 aliphatic heterocycles. The van der Waals surface area contributed by atoms with Crippen LogP contribution in [0.5, 0.6) is 0 Å². The number of carboxylic acid groups (broad SMARTS) is 1. The Morgan fingerprint density at radius 1 is 1.53 bits per heavy atom. The van der Waals surface area contributed by atoms with Gasteiger partial charge in [-0.1, -0.05) is 6.07 Å². The van der Waals surface area contributed by atoms with E-state index in [1.54, 1.807) is 19.0 Å². The van der Waals surface area contributed by atoms with Crippen molar-refractivity contribution >= 4 is 21.9 Å². The monoisotopic (exact) mass is 275 g/mol. The lowest BCUT2D eigenvalue weighted by molar-refractivity contribution is -0.142. The highest BCUT2D eigenvalue weighted by Crippen LogP contribution is 2.24. The summed E-state index contributed by atoms with van der Waals surface area (Å²) in [6, 6.07) is 3.44. The smallest absolute Gasteiger partial charge is 0.325 e. The summed E-state index contributed by atoms with van der Waals surface area (Å²) in [5, 5.41) is 9.01. The molecule has 82 valence electrons. The molecule has 1 atom stereocenters. The van der Waals surface area contributed by atoms with Gasteiger partial charge in [0.1, 0.15) is 11.9 Å². The fourth-order valence-electron chi connectivity index (χ4n) is 1.34. The Hall–Kier alpha value is -0.940. The zero-order valence-electron chi connectivity index (χ0n) is 8.37. The van der Waals surface area contributed by atoms with Gasteiger partial charge in [-0.2, -0.15) is 0 Å². The highest BCUT2D eigenvalue weighted by molar-refractivity contribution is 9.10. The molecule has 15 heavy (non-hydrogen) atoms. The van der Waals surface area contributed by atoms with Crippen LogP contribution in [-0.4, -0.2) is 30.1 Å². The van der Waals surface area contributed by atoms with Gasteiger partial charge in [-0.15, -0.1) is 0 Å². The van der Waals surface area contributed by atoms with Crippen LogP contribution in [0.25, 0.3) is 0 Å². The molecule has 3 nitrogen and oxygen atoms in total. The van der Waals surface area contributed by atoms with Gasteiger partial charge < -0.3 is 5.11 Å². The SMILES string of the molecule is CN(C)[C@@H](C(=O)O)c1ccc(F)c(Br)c1. The number of nitrogens with zero attached hydrogens (tertiary/aromatic N) is 1. The summed E-state index contributed by atoms with van der Waals surface area (Å²) in [5.41, 5.74) is 0.542. The zero-order valence-corrected chi connectivity index (χ0v) is 9.95. The van der Waals surface area contributed by atoms with E-state index in [4.69, 9.17) is 5.11 Å². The van der Waals surface area contributed by atoms with Crippen LogP contribution in [0.4, 0.5) is 4.39 Å². The Morgan fingerprint density at radius 3 is 2.53 bits per heavy atom. The van der Waals surface area contributed by atoms with E-state index in [1.807, 2.05) is 0 Å². The van der Waals surface area contributed by atoms with Gasteiger partial charge in [0.05, 0.1) is 4.47 Å². The van der Waals surface area contributed by atoms with Crippen molar-refractivity contribution in [3.05, 3.63) is 34.1 Å². The van der Waals surface area contributed by atoms with E-state index in [2.05, 4.69) is 15.9 Å². The molecule has 0 spiro atoms. The largest absolute Gasteiger partial charge is 0.480 e. The van der Waals surface area contributed by atoms with Gasteiger partial charge in [0, 0.05) is 0 Å². The number of carbonyl (C=O) groups is 1. The van der Waals surface area contributed by atoms with Crippen molar-refractivity contribution in [1.82, 2.24) is 4.90 Å². The number of rotatable bonds is 3. The summed E-state index contributed by atoms with van der Waals surface area (Å²) in [7, 11) is 3.33. The molecular weight excluding hydrogens is 265 g/mol. The number of halogens is 2. The number of hydrogen-bond acceptors (Lipinski definition) is 2. The van der Waals surface area contributed by atoms with Crippen molar-refractivity contribution in [2.45, 2.75) is 6.04 Å². The van der Waals surface area contributed by atoms with Crippen LogP contribution in [0.1, 0.15) is 11.6 Å². The number of hydrogen-bond donors (Lipinski definition) is 1. The van der Waals surface area contributed by atoms with Crippen LogP contribution < -0.4 is 0 Å². The second-order valence-electron chi connectivity index (χ2n) is 3.38. The minimum Gasteiger partial charge on any atom is -0.480 e. The lowest BCUT2D eigenvalue weighted by Gasteiger charge is -2.20. The van der Waals surface area contributed by atoms with Crippen LogP contribution in [0, 0.1) is 5.82 Å². The maximum atomic E-state index is 13.0. The summed E-state index contributed by atoms with van der Waals surface area (Å²) in [4.78, 5) is 12.5. The molecule has 0 bridgehead atoms. The number of carboxylic acids is 1. The molecule has 0 aromatic heterocycles. The van der Waals surface area contributed by atoms with Crippen LogP contribution in [0.15, 0.2) is 22.7 Å². The first-order chi connectivity index (χ1) is 6.93. The van der Waals surface area contributed by atoms with E-state index in [9.17, 15) is 9.18 Å². The van der Waals surface area contributed by atoms with Crippen molar-refractivity contribution in [2.75, 3.05) is 14.1 Å². The molecule has 1 rings (SSSR count). The molecule has 0 saturated carbocycles. The first kappa shape index (κ1) is 12.1. The molecule has 0 heterocycles. The Bertz CT molecular complexity index is 382. The molecule has 0 aliphatic rings. The summed E-state index contributed by atoms with van der Waals surface area (Å²) in [6.07, 6.45) is 0. The van der Waals surface area contributed by atoms with Crippen molar-refractivity contribution in [2.24, 2.45) is 0 Å². The minimum atomic E-state index is -0.960. The molecule has 1 N–H and O–H groups in total. The predicted octanol–water partition coefficient (Wildman–Crippen LogP) is 2.28. The van der Waals surface area contributed by atoms with Gasteiger partial charge in [-0.25, -0.2) is 4.39 Å². The average molecular weight is 276 g/mol. The molecular formula is C10H11BrFNO2. The Kier molecular flexibility index (Phi) is 3.82. The van der Waals surface area contributed by atoms with E-state index >= 15 is 0 Å². The molecule has 0 radical (unpaired) electrons. The van der Waals surface area contributed by atoms with Crippen molar-refractivity contribution in [1.29, 1.82) is 0 Å². The minimum absolute atomic E-state index is 0.271. The van der Waals surface area contributed by atoms with Crippen molar-refractivity contribution < 1.29 is 14.3 Å². The number of aliphatic carboxylic acids is 1. The summed E-state index contributed by atoms with van der Waals surface area (Å²) >= 11 is 3.03. The third-order valence-corrected chi connectivity index (χ3v) is 2.62. The Labute approximate surface area is 95.6 Å². The predicted molar refractivity (Wildman–Crippen MR) is 58.2 cm³/mol. The number of likely N-dealkylation sites (N-methyl/N-ethyl adjacent to an activating group) is 1. The van der Waals surface area contributed by atoms with Crippen molar-refractivity contribution in [3.63, 3.8) is 0 Å². The maximum absolute atomic E-state index is 13.0. The Morgan fingerprint density at radius 2 is 2.13 bits per heavy atom. The maximum Gasteiger partial charge on any atom is 0.325 e. The highest BCUT2D eigenvalue weighted by Gasteiger charge is 2.22. The van der Waals surface area contributed by atoms with Gasteiger partial charge in [0.25, 0.3) is 0 Å². The van der Waals surface area contributed by atoms with E-state index in [0.717, 1.165) is 0 Å². The summed E-state index contributed by atoms with van der Waals surface area (Å²) in [6.45, 7) is 0. The number of benzene rings is 1. The lowest BCUT2D eigenvalue weighted by Crippen LogP contribution is -2.27. The first-order valence-corrected chi connectivity index (χ1v) is 5.07. The second kappa shape index (κ2) is 4.72. The fraction of sp³-hybridized carbons (Fsp3) is 0.300. The van der Waals surface area contributed by atoms with E-state index in [0.29, 0.717) is 5.56 Å². The van der Waals surface area contributed by atoms with Gasteiger partial charge >= 0.3 is 5.97 Å². The van der Waals surface area contributed by atoms with E-state index in [-0.39, 0.29) is 4.47 Å². The van der Waals surface area contributed by atoms with Crippen LogP contribution >= 0.6 is 15.9 Å². The van der Waals surface area contributed by atoms with E-state index in [1.165, 1.54) is 18.2 Å². The topological polar surface area (TPSA) is 40.5 Å². The van der Waals surface area contributed by atoms with Gasteiger partial charge in [-0.05, 0) is 47.7 Å². The first-order valence-electron chi connectivity index (χ1n) is 4.27. The standard InChI is InChI=1S/C10H11BrFNO2/c1-13(2)9(10(14)15)6-3-4-8(12)7(11)5-6/h3-5,9H,1-2H3,(H,14,15)/t9-/m1/s1. The van der Waals surface area contributed by atoms with Gasteiger partial charge in [0.2, 0.25) is 0 Å². The van der Waals surface area contributed by atoms with Crippen molar-refractivity contribution in [3.8, 4) is 0 Å². The molecule has 0 amide bonds. The average Bonchev–Trinajstić information content (AvgIpc) is 2.10. The van der Waals surface area contributed by atoms with Gasteiger partial charge in [-0.3, -0.25) is 9.69 Å². The van der Waals surface area contributed by atoms with Crippen LogP contribution in [0.3, 0.4) is 0 Å². The van der Waals surface area contributed by atoms with E-state index < -0.39 is 17.8 Å². The zero-order chi connectivity index (χ0) is 11.6. The second-order valence-corrected chi connectivity index (χ2v) is 4.23.